The fourth-order valence-corrected chi connectivity index (χ4v) is 4.86. The van der Waals surface area contributed by atoms with Crippen LogP contribution in [0, 0.1) is 17.8 Å². The number of hydrogen-bond acceptors (Lipinski definition) is 2. The lowest BCUT2D eigenvalue weighted by Crippen LogP contribution is -2.51. The molecule has 19 heavy (non-hydrogen) atoms. The van der Waals surface area contributed by atoms with Crippen molar-refractivity contribution in [1.82, 2.24) is 0 Å². The lowest BCUT2D eigenvalue weighted by Gasteiger charge is -2.48. The number of Topliss-reactive ketones (excluding diaryl/α,β-unsaturated/α-hetero) is 1. The maximum atomic E-state index is 12.4. The highest BCUT2D eigenvalue weighted by molar-refractivity contribution is 9.10. The first kappa shape index (κ1) is 13.1. The summed E-state index contributed by atoms with van der Waals surface area (Å²) in [6.45, 7) is 2.20. The minimum atomic E-state index is -0.139. The fraction of sp³-hybridized carbons (Fsp3) is 0.438. The number of alkyl halides is 1. The molecule has 3 heteroatoms. The molecule has 1 fully saturated rings. The van der Waals surface area contributed by atoms with Gasteiger partial charge in [-0.25, -0.2) is 0 Å². The number of hydrogen-bond donors (Lipinski definition) is 1. The second-order valence-corrected chi connectivity index (χ2v) is 6.54. The minimum absolute atomic E-state index is 0.103. The van der Waals surface area contributed by atoms with Gasteiger partial charge in [-0.2, -0.15) is 0 Å². The first-order valence-corrected chi connectivity index (χ1v) is 7.58. The van der Waals surface area contributed by atoms with E-state index in [-0.39, 0.29) is 40.9 Å². The van der Waals surface area contributed by atoms with Gasteiger partial charge >= 0.3 is 0 Å². The van der Waals surface area contributed by atoms with E-state index in [0.29, 0.717) is 0 Å². The van der Waals surface area contributed by atoms with Crippen LogP contribution in [0.15, 0.2) is 42.0 Å². The largest absolute Gasteiger partial charge is 0.396 e. The van der Waals surface area contributed by atoms with Crippen LogP contribution in [0.3, 0.4) is 0 Å². The number of carbonyl (C=O) groups excluding carboxylic acids is 1. The number of allylic oxidation sites excluding steroid dienone is 2. The summed E-state index contributed by atoms with van der Waals surface area (Å²) in [6, 6.07) is 10.1. The molecular weight excluding hydrogens is 304 g/mol. The van der Waals surface area contributed by atoms with E-state index in [0.717, 1.165) is 5.56 Å². The lowest BCUT2D eigenvalue weighted by molar-refractivity contribution is -0.126. The SMILES string of the molecule is CC1=C[C@H]2C(=O)[C@H](Br)[C@@H]1[C@H](CO)[C@H]2c1ccccc1. The van der Waals surface area contributed by atoms with Crippen molar-refractivity contribution < 1.29 is 9.90 Å². The molecule has 0 aromatic heterocycles. The zero-order valence-corrected chi connectivity index (χ0v) is 12.4. The van der Waals surface area contributed by atoms with E-state index in [1.807, 2.05) is 18.2 Å². The molecule has 1 aromatic rings. The number of carbonyl (C=O) groups is 1. The molecule has 5 atom stereocenters. The number of rotatable bonds is 2. The maximum Gasteiger partial charge on any atom is 0.154 e. The van der Waals surface area contributed by atoms with Gasteiger partial charge in [0, 0.05) is 24.4 Å². The standard InChI is InChI=1S/C16H17BrO2/c1-9-7-11-14(10-5-3-2-4-6-10)12(8-18)13(9)15(17)16(11)19/h2-7,11-15,18H,8H2,1H3/t11-,12+,13+,14+,15-/m1/s1. The Hall–Kier alpha value is -0.930. The molecule has 0 amide bonds. The van der Waals surface area contributed by atoms with Crippen LogP contribution in [0.4, 0.5) is 0 Å². The van der Waals surface area contributed by atoms with E-state index in [2.05, 4.69) is 41.1 Å². The molecular formula is C16H17BrO2. The van der Waals surface area contributed by atoms with Crippen LogP contribution >= 0.6 is 15.9 Å². The van der Waals surface area contributed by atoms with Crippen molar-refractivity contribution >= 4 is 21.7 Å². The molecule has 0 spiro atoms. The van der Waals surface area contributed by atoms with Crippen molar-refractivity contribution in [3.05, 3.63) is 47.5 Å². The molecule has 1 saturated carbocycles. The molecule has 3 aliphatic carbocycles. The fourth-order valence-electron chi connectivity index (χ4n) is 3.75. The number of benzene rings is 1. The van der Waals surface area contributed by atoms with E-state index in [4.69, 9.17) is 0 Å². The Labute approximate surface area is 121 Å². The number of ketones is 1. The summed E-state index contributed by atoms with van der Waals surface area (Å²) in [6.07, 6.45) is 2.11. The van der Waals surface area contributed by atoms with Crippen LogP contribution < -0.4 is 0 Å². The lowest BCUT2D eigenvalue weighted by atomic mass is 9.57. The highest BCUT2D eigenvalue weighted by atomic mass is 79.9. The summed E-state index contributed by atoms with van der Waals surface area (Å²) in [4.78, 5) is 12.3. The Morgan fingerprint density at radius 3 is 2.53 bits per heavy atom. The summed E-state index contributed by atoms with van der Waals surface area (Å²) in [5, 5.41) is 9.81. The van der Waals surface area contributed by atoms with Gasteiger partial charge in [0.1, 0.15) is 0 Å². The second-order valence-electron chi connectivity index (χ2n) is 5.55. The number of fused-ring (bicyclic) bond motifs is 2. The highest BCUT2D eigenvalue weighted by Crippen LogP contribution is 2.52. The van der Waals surface area contributed by atoms with Crippen LogP contribution in [0.1, 0.15) is 18.4 Å². The van der Waals surface area contributed by atoms with Gasteiger partial charge in [0.05, 0.1) is 4.83 Å². The minimum Gasteiger partial charge on any atom is -0.396 e. The van der Waals surface area contributed by atoms with Crippen LogP contribution in [-0.2, 0) is 4.79 Å². The Bertz CT molecular complexity index is 523. The van der Waals surface area contributed by atoms with Crippen molar-refractivity contribution in [3.8, 4) is 0 Å². The van der Waals surface area contributed by atoms with Crippen molar-refractivity contribution in [2.75, 3.05) is 6.61 Å². The molecule has 0 aliphatic heterocycles. The second kappa shape index (κ2) is 4.88. The van der Waals surface area contributed by atoms with Crippen LogP contribution in [0.5, 0.6) is 0 Å². The van der Waals surface area contributed by atoms with E-state index in [9.17, 15) is 9.90 Å². The Balaban J connectivity index is 2.09. The van der Waals surface area contributed by atoms with Crippen LogP contribution in [-0.4, -0.2) is 22.3 Å². The molecule has 0 radical (unpaired) electrons. The molecule has 0 unspecified atom stereocenters. The third-order valence-corrected chi connectivity index (χ3v) is 5.61. The quantitative estimate of drug-likeness (QED) is 0.672. The average molecular weight is 321 g/mol. The summed E-state index contributed by atoms with van der Waals surface area (Å²) in [5.74, 6) is 0.511. The topological polar surface area (TPSA) is 37.3 Å². The Morgan fingerprint density at radius 2 is 1.89 bits per heavy atom. The molecule has 100 valence electrons. The molecule has 0 heterocycles. The number of aliphatic hydroxyl groups is 1. The monoisotopic (exact) mass is 320 g/mol. The van der Waals surface area contributed by atoms with Gasteiger partial charge < -0.3 is 5.11 Å². The van der Waals surface area contributed by atoms with Gasteiger partial charge in [-0.15, -0.1) is 0 Å². The van der Waals surface area contributed by atoms with Gasteiger partial charge in [-0.3, -0.25) is 4.79 Å². The third kappa shape index (κ3) is 1.91. The Kier molecular flexibility index (Phi) is 3.35. The molecule has 2 bridgehead atoms. The van der Waals surface area contributed by atoms with Crippen molar-refractivity contribution in [3.63, 3.8) is 0 Å². The van der Waals surface area contributed by atoms with E-state index < -0.39 is 0 Å². The summed E-state index contributed by atoms with van der Waals surface area (Å²) in [5.41, 5.74) is 2.39. The molecule has 2 nitrogen and oxygen atoms in total. The molecule has 0 saturated heterocycles. The zero-order chi connectivity index (χ0) is 13.6. The van der Waals surface area contributed by atoms with E-state index in [1.54, 1.807) is 0 Å². The molecule has 1 aromatic carbocycles. The predicted molar refractivity (Wildman–Crippen MR) is 78.2 cm³/mol. The van der Waals surface area contributed by atoms with Gasteiger partial charge in [0.2, 0.25) is 0 Å². The highest BCUT2D eigenvalue weighted by Gasteiger charge is 2.52. The summed E-state index contributed by atoms with van der Waals surface area (Å²) in [7, 11) is 0. The average Bonchev–Trinajstić information content (AvgIpc) is 2.44. The normalized spacial score (nSPS) is 37.3. The van der Waals surface area contributed by atoms with E-state index in [1.165, 1.54) is 5.57 Å². The first-order chi connectivity index (χ1) is 9.15. The summed E-state index contributed by atoms with van der Waals surface area (Å²) < 4.78 is 0. The van der Waals surface area contributed by atoms with Crippen molar-refractivity contribution in [2.24, 2.45) is 17.8 Å². The van der Waals surface area contributed by atoms with E-state index >= 15 is 0 Å². The molecule has 3 aliphatic rings. The summed E-state index contributed by atoms with van der Waals surface area (Å²) >= 11 is 3.53. The van der Waals surface area contributed by atoms with Gasteiger partial charge in [0.15, 0.2) is 5.78 Å². The molecule has 1 N–H and O–H groups in total. The zero-order valence-electron chi connectivity index (χ0n) is 10.8. The van der Waals surface area contributed by atoms with Gasteiger partial charge in [0.25, 0.3) is 0 Å². The van der Waals surface area contributed by atoms with Crippen LogP contribution in [0.2, 0.25) is 0 Å². The predicted octanol–water partition coefficient (Wildman–Crippen LogP) is 2.92. The van der Waals surface area contributed by atoms with Crippen molar-refractivity contribution in [1.29, 1.82) is 0 Å². The number of halogens is 1. The van der Waals surface area contributed by atoms with Crippen molar-refractivity contribution in [2.45, 2.75) is 17.7 Å². The van der Waals surface area contributed by atoms with Gasteiger partial charge in [-0.05, 0) is 18.4 Å². The Morgan fingerprint density at radius 1 is 1.21 bits per heavy atom. The van der Waals surface area contributed by atoms with Crippen LogP contribution in [0.25, 0.3) is 0 Å². The smallest absolute Gasteiger partial charge is 0.154 e. The maximum absolute atomic E-state index is 12.4. The third-order valence-electron chi connectivity index (χ3n) is 4.59. The number of aliphatic hydroxyl groups excluding tert-OH is 1. The first-order valence-electron chi connectivity index (χ1n) is 6.67. The molecule has 4 rings (SSSR count). The van der Waals surface area contributed by atoms with Gasteiger partial charge in [-0.1, -0.05) is 57.9 Å².